The second-order valence-electron chi connectivity index (χ2n) is 12.9. The van der Waals surface area contributed by atoms with Crippen LogP contribution in [0.4, 0.5) is 0 Å². The second-order valence-corrected chi connectivity index (χ2v) is 14.5. The molecule has 5 heteroatoms. The van der Waals surface area contributed by atoms with E-state index in [1.165, 1.54) is 44.9 Å². The van der Waals surface area contributed by atoms with E-state index in [0.717, 1.165) is 61.5 Å². The summed E-state index contributed by atoms with van der Waals surface area (Å²) >= 11 is 0. The van der Waals surface area contributed by atoms with Gasteiger partial charge in [-0.2, -0.15) is 8.42 Å². The van der Waals surface area contributed by atoms with Crippen LogP contribution in [-0.4, -0.2) is 32.5 Å². The number of aliphatic hydroxyl groups excluding tert-OH is 1. The van der Waals surface area contributed by atoms with Gasteiger partial charge in [0.25, 0.3) is 10.1 Å². The summed E-state index contributed by atoms with van der Waals surface area (Å²) in [6.07, 6.45) is 16.8. The van der Waals surface area contributed by atoms with E-state index in [-0.39, 0.29) is 19.4 Å². The fourth-order valence-electron chi connectivity index (χ4n) is 8.93. The minimum atomic E-state index is -3.34. The van der Waals surface area contributed by atoms with Crippen molar-refractivity contribution in [1.29, 1.82) is 0 Å². The van der Waals surface area contributed by atoms with Gasteiger partial charge in [0.1, 0.15) is 0 Å². The van der Waals surface area contributed by atoms with Crippen LogP contribution in [0.15, 0.2) is 11.6 Å². The Morgan fingerprint density at radius 1 is 1.09 bits per heavy atom. The molecule has 0 aromatic rings. The van der Waals surface area contributed by atoms with Crippen molar-refractivity contribution in [2.45, 2.75) is 112 Å². The van der Waals surface area contributed by atoms with Crippen LogP contribution in [0.25, 0.3) is 0 Å². The average Bonchev–Trinajstić information content (AvgIpc) is 3.09. The van der Waals surface area contributed by atoms with Gasteiger partial charge >= 0.3 is 0 Å². The quantitative estimate of drug-likeness (QED) is 0.291. The molecule has 0 heterocycles. The van der Waals surface area contributed by atoms with Gasteiger partial charge < -0.3 is 5.11 Å². The first-order valence-corrected chi connectivity index (χ1v) is 15.5. The Morgan fingerprint density at radius 2 is 1.82 bits per heavy atom. The zero-order valence-electron chi connectivity index (χ0n) is 21.7. The molecule has 34 heavy (non-hydrogen) atoms. The smallest absolute Gasteiger partial charge is 0.264 e. The van der Waals surface area contributed by atoms with Crippen molar-refractivity contribution in [3.8, 4) is 0 Å². The maximum Gasteiger partial charge on any atom is 0.264 e. The number of allylic oxidation sites excluding steroid dienone is 1. The van der Waals surface area contributed by atoms with Gasteiger partial charge in [0.2, 0.25) is 0 Å². The van der Waals surface area contributed by atoms with E-state index in [0.29, 0.717) is 17.4 Å². The normalized spacial score (nSPS) is 41.4. The summed E-state index contributed by atoms with van der Waals surface area (Å²) < 4.78 is 27.5. The summed E-state index contributed by atoms with van der Waals surface area (Å²) in [6.45, 7) is 10.0. The minimum Gasteiger partial charge on any atom is -0.393 e. The van der Waals surface area contributed by atoms with Crippen molar-refractivity contribution < 1.29 is 17.7 Å². The summed E-state index contributed by atoms with van der Waals surface area (Å²) in [6, 6.07) is 0. The molecule has 3 saturated carbocycles. The predicted octanol–water partition coefficient (Wildman–Crippen LogP) is 6.98. The predicted molar refractivity (Wildman–Crippen MR) is 141 cm³/mol. The Bertz CT molecular complexity index is 835. The van der Waals surface area contributed by atoms with E-state index in [1.807, 2.05) is 0 Å². The van der Waals surface area contributed by atoms with Crippen LogP contribution in [0.3, 0.4) is 0 Å². The highest BCUT2D eigenvalue weighted by molar-refractivity contribution is 7.85. The number of hydrogen-bond donors (Lipinski definition) is 1. The Balaban J connectivity index is 0.00000324. The topological polar surface area (TPSA) is 63.6 Å². The molecule has 4 aliphatic rings. The summed E-state index contributed by atoms with van der Waals surface area (Å²) in [5, 5.41) is 10.2. The Morgan fingerprint density at radius 3 is 2.53 bits per heavy atom. The third kappa shape index (κ3) is 5.47. The largest absolute Gasteiger partial charge is 0.393 e. The highest BCUT2D eigenvalue weighted by Crippen LogP contribution is 2.67. The van der Waals surface area contributed by atoms with E-state index in [1.54, 1.807) is 5.57 Å². The maximum absolute atomic E-state index is 11.2. The Kier molecular flexibility index (Phi) is 8.73. The monoisotopic (exact) mass is 496 g/mol. The van der Waals surface area contributed by atoms with E-state index < -0.39 is 10.1 Å². The van der Waals surface area contributed by atoms with Gasteiger partial charge in [-0.15, -0.1) is 0 Å². The second kappa shape index (κ2) is 10.5. The first-order chi connectivity index (χ1) is 15.4. The van der Waals surface area contributed by atoms with Crippen molar-refractivity contribution in [3.63, 3.8) is 0 Å². The van der Waals surface area contributed by atoms with E-state index >= 15 is 0 Å². The number of rotatable bonds is 8. The average molecular weight is 497 g/mol. The van der Waals surface area contributed by atoms with E-state index in [9.17, 15) is 13.5 Å². The number of hydrogen-bond acceptors (Lipinski definition) is 4. The van der Waals surface area contributed by atoms with Gasteiger partial charge in [0.15, 0.2) is 0 Å². The van der Waals surface area contributed by atoms with Gasteiger partial charge in [-0.1, -0.05) is 59.6 Å². The third-order valence-electron chi connectivity index (χ3n) is 10.8. The van der Waals surface area contributed by atoms with Gasteiger partial charge in [-0.25, -0.2) is 0 Å². The molecule has 0 saturated heterocycles. The van der Waals surface area contributed by atoms with E-state index in [2.05, 4.69) is 33.8 Å². The molecule has 4 aliphatic carbocycles. The molecule has 4 rings (SSSR count). The molecule has 0 bridgehead atoms. The fraction of sp³-hybridized carbons (Fsp3) is 0.931. The first-order valence-electron chi connectivity index (χ1n) is 13.7. The molecule has 198 valence electrons. The number of fused-ring (bicyclic) bond motifs is 5. The molecule has 8 unspecified atom stereocenters. The molecule has 3 fully saturated rings. The van der Waals surface area contributed by atoms with Crippen LogP contribution in [0.2, 0.25) is 0 Å². The highest BCUT2D eigenvalue weighted by Gasteiger charge is 2.59. The highest BCUT2D eigenvalue weighted by atomic mass is 32.2. The molecule has 0 radical (unpaired) electrons. The Hall–Kier alpha value is -0.390. The van der Waals surface area contributed by atoms with Crippen LogP contribution < -0.4 is 0 Å². The lowest BCUT2D eigenvalue weighted by Gasteiger charge is -2.58. The van der Waals surface area contributed by atoms with Crippen LogP contribution in [-0.2, 0) is 14.3 Å². The molecule has 9 atom stereocenters. The maximum atomic E-state index is 11.2. The third-order valence-corrected chi connectivity index (χ3v) is 11.3. The van der Waals surface area contributed by atoms with Crippen LogP contribution in [0.5, 0.6) is 0 Å². The molecule has 0 aromatic carbocycles. The molecule has 0 amide bonds. The SMILES string of the molecule is C.CC(CCC[C@@H](C)C1CCC2C3CC=C4CC(O)CCC4(C)C3CCC21C)COS(C)(=O)=O. The Labute approximate surface area is 210 Å². The number of aliphatic hydroxyl groups is 1. The summed E-state index contributed by atoms with van der Waals surface area (Å²) in [5.41, 5.74) is 2.38. The van der Waals surface area contributed by atoms with Crippen LogP contribution >= 0.6 is 0 Å². The van der Waals surface area contributed by atoms with Gasteiger partial charge in [-0.3, -0.25) is 4.18 Å². The lowest BCUT2D eigenvalue weighted by atomic mass is 9.47. The molecule has 4 nitrogen and oxygen atoms in total. The summed E-state index contributed by atoms with van der Waals surface area (Å²) in [7, 11) is -3.34. The molecular formula is C29H52O4S. The van der Waals surface area contributed by atoms with Gasteiger partial charge in [-0.05, 0) is 104 Å². The molecule has 0 spiro atoms. The van der Waals surface area contributed by atoms with Crippen molar-refractivity contribution >= 4 is 10.1 Å². The summed E-state index contributed by atoms with van der Waals surface area (Å²) in [5.74, 6) is 4.33. The zero-order chi connectivity index (χ0) is 24.0. The standard InChI is InChI=1S/C28H48O4S.CH4/c1-19(18-32-33(5,30)31)7-6-8-20(2)24-11-12-25-23-10-9-21-17-22(29)13-15-27(21,3)26(23)14-16-28(24,25)4;/h9,19-20,22-26,29H,6-8,10-18H2,1-5H3;1H4/t19?,20-,22?,23?,24?,25?,26?,27?,28?;/m1./s1. The minimum absolute atomic E-state index is 0. The molecular weight excluding hydrogens is 444 g/mol. The lowest BCUT2D eigenvalue weighted by Crippen LogP contribution is -2.50. The summed E-state index contributed by atoms with van der Waals surface area (Å²) in [4.78, 5) is 0. The first kappa shape index (κ1) is 28.2. The molecule has 1 N–H and O–H groups in total. The zero-order valence-corrected chi connectivity index (χ0v) is 22.5. The lowest BCUT2D eigenvalue weighted by molar-refractivity contribution is -0.0573. The fourth-order valence-corrected chi connectivity index (χ4v) is 9.41. The van der Waals surface area contributed by atoms with Crippen molar-refractivity contribution in [3.05, 3.63) is 11.6 Å². The molecule has 0 aliphatic heterocycles. The van der Waals surface area contributed by atoms with Crippen molar-refractivity contribution in [2.75, 3.05) is 12.9 Å². The van der Waals surface area contributed by atoms with Crippen LogP contribution in [0, 0.1) is 46.3 Å². The van der Waals surface area contributed by atoms with Gasteiger partial charge in [0.05, 0.1) is 19.0 Å². The van der Waals surface area contributed by atoms with Crippen molar-refractivity contribution in [1.82, 2.24) is 0 Å². The van der Waals surface area contributed by atoms with Gasteiger partial charge in [0, 0.05) is 0 Å². The van der Waals surface area contributed by atoms with E-state index in [4.69, 9.17) is 4.18 Å². The van der Waals surface area contributed by atoms with Crippen molar-refractivity contribution in [2.24, 2.45) is 46.3 Å². The molecule has 0 aromatic heterocycles. The van der Waals surface area contributed by atoms with Crippen LogP contribution in [0.1, 0.15) is 106 Å².